The van der Waals surface area contributed by atoms with E-state index in [1.54, 1.807) is 17.5 Å². The van der Waals surface area contributed by atoms with E-state index in [0.717, 1.165) is 24.5 Å². The molecule has 1 aromatic rings. The van der Waals surface area contributed by atoms with E-state index in [9.17, 15) is 4.79 Å². The highest BCUT2D eigenvalue weighted by molar-refractivity contribution is 7.09. The fraction of sp³-hybridized carbons (Fsp3) is 0.667. The molecule has 1 fully saturated rings. The van der Waals surface area contributed by atoms with E-state index in [1.807, 2.05) is 12.3 Å². The van der Waals surface area contributed by atoms with E-state index in [-0.39, 0.29) is 18.1 Å². The maximum atomic E-state index is 11.9. The van der Waals surface area contributed by atoms with Crippen LogP contribution in [0.3, 0.4) is 0 Å². The highest BCUT2D eigenvalue weighted by Gasteiger charge is 2.20. The van der Waals surface area contributed by atoms with Crippen LogP contribution in [0, 0.1) is 0 Å². The summed E-state index contributed by atoms with van der Waals surface area (Å²) in [5.74, 6) is 0.0331. The number of hydrogen-bond acceptors (Lipinski definition) is 5. The van der Waals surface area contributed by atoms with Gasteiger partial charge in [0.25, 0.3) is 0 Å². The normalized spacial score (nSPS) is 21.5. The van der Waals surface area contributed by atoms with E-state index < -0.39 is 0 Å². The number of rotatable bonds is 5. The van der Waals surface area contributed by atoms with Gasteiger partial charge < -0.3 is 15.4 Å². The van der Waals surface area contributed by atoms with Gasteiger partial charge in [-0.2, -0.15) is 0 Å². The van der Waals surface area contributed by atoms with Crippen LogP contribution in [0.25, 0.3) is 0 Å². The molecule has 1 aromatic heterocycles. The highest BCUT2D eigenvalue weighted by Crippen LogP contribution is 2.19. The van der Waals surface area contributed by atoms with Crippen LogP contribution in [0.5, 0.6) is 0 Å². The summed E-state index contributed by atoms with van der Waals surface area (Å²) in [4.78, 5) is 16.2. The van der Waals surface area contributed by atoms with Gasteiger partial charge in [-0.3, -0.25) is 4.79 Å². The maximum absolute atomic E-state index is 11.9. The van der Waals surface area contributed by atoms with Gasteiger partial charge in [0.15, 0.2) is 0 Å². The largest absolute Gasteiger partial charge is 0.375 e. The van der Waals surface area contributed by atoms with Crippen LogP contribution in [-0.2, 0) is 9.53 Å². The van der Waals surface area contributed by atoms with E-state index in [0.29, 0.717) is 13.0 Å². The molecule has 18 heavy (non-hydrogen) atoms. The molecular formula is C12H19N3O2S. The second-order valence-electron chi connectivity index (χ2n) is 4.30. The van der Waals surface area contributed by atoms with Crippen molar-refractivity contribution in [1.29, 1.82) is 0 Å². The number of morpholine rings is 1. The molecule has 0 aliphatic carbocycles. The molecule has 2 heterocycles. The van der Waals surface area contributed by atoms with Crippen molar-refractivity contribution in [2.75, 3.05) is 19.7 Å². The number of carbonyl (C=O) groups excluding carboxylic acids is 1. The molecule has 100 valence electrons. The van der Waals surface area contributed by atoms with Crippen molar-refractivity contribution < 1.29 is 9.53 Å². The van der Waals surface area contributed by atoms with Crippen molar-refractivity contribution in [3.05, 3.63) is 16.6 Å². The fourth-order valence-corrected chi connectivity index (χ4v) is 2.73. The molecule has 5 nitrogen and oxygen atoms in total. The minimum Gasteiger partial charge on any atom is -0.375 e. The molecule has 0 radical (unpaired) electrons. The zero-order valence-corrected chi connectivity index (χ0v) is 11.3. The van der Waals surface area contributed by atoms with Crippen LogP contribution in [-0.4, -0.2) is 36.7 Å². The Morgan fingerprint density at radius 1 is 1.78 bits per heavy atom. The minimum atomic E-state index is -0.00690. The summed E-state index contributed by atoms with van der Waals surface area (Å²) in [5.41, 5.74) is 0. The summed E-state index contributed by atoms with van der Waals surface area (Å²) in [6.45, 7) is 4.35. The second-order valence-corrected chi connectivity index (χ2v) is 5.23. The zero-order valence-electron chi connectivity index (χ0n) is 10.5. The summed E-state index contributed by atoms with van der Waals surface area (Å²) in [5, 5.41) is 9.13. The predicted molar refractivity (Wildman–Crippen MR) is 70.5 cm³/mol. The smallest absolute Gasteiger partial charge is 0.223 e. The number of thiazole rings is 1. The molecule has 1 aliphatic heterocycles. The van der Waals surface area contributed by atoms with Gasteiger partial charge in [0.2, 0.25) is 5.91 Å². The Bertz CT molecular complexity index is 363. The average molecular weight is 269 g/mol. The van der Waals surface area contributed by atoms with Crippen molar-refractivity contribution in [3.63, 3.8) is 0 Å². The maximum Gasteiger partial charge on any atom is 0.223 e. The molecule has 2 rings (SSSR count). The fourth-order valence-electron chi connectivity index (χ4n) is 1.96. The van der Waals surface area contributed by atoms with Crippen LogP contribution in [0.15, 0.2) is 11.6 Å². The Morgan fingerprint density at radius 2 is 2.67 bits per heavy atom. The van der Waals surface area contributed by atoms with E-state index in [1.165, 1.54) is 0 Å². The first kappa shape index (κ1) is 13.5. The Balaban J connectivity index is 1.82. The molecule has 2 N–H and O–H groups in total. The van der Waals surface area contributed by atoms with Crippen LogP contribution in [0.1, 0.15) is 30.8 Å². The van der Waals surface area contributed by atoms with E-state index in [4.69, 9.17) is 4.74 Å². The molecule has 2 unspecified atom stereocenters. The van der Waals surface area contributed by atoms with Crippen LogP contribution >= 0.6 is 11.3 Å². The first-order valence-corrected chi connectivity index (χ1v) is 7.18. The van der Waals surface area contributed by atoms with Crippen LogP contribution < -0.4 is 10.6 Å². The summed E-state index contributed by atoms with van der Waals surface area (Å²) in [6, 6.07) is 0.0223. The lowest BCUT2D eigenvalue weighted by molar-refractivity contribution is -0.125. The topological polar surface area (TPSA) is 63.2 Å². The minimum absolute atomic E-state index is 0.00690. The highest BCUT2D eigenvalue weighted by atomic mass is 32.1. The standard InChI is InChI=1S/C12H19N3O2S/c1-2-10(12-14-4-6-18-12)15-11(16)7-9-8-13-3-5-17-9/h4,6,9-10,13H,2-3,5,7-8H2,1H3,(H,15,16). The number of nitrogens with zero attached hydrogens (tertiary/aromatic N) is 1. The number of amides is 1. The van der Waals surface area contributed by atoms with Crippen molar-refractivity contribution in [2.45, 2.75) is 31.9 Å². The Hall–Kier alpha value is -0.980. The van der Waals surface area contributed by atoms with Gasteiger partial charge in [-0.25, -0.2) is 4.98 Å². The number of nitrogens with one attached hydrogen (secondary N) is 2. The Morgan fingerprint density at radius 3 is 3.28 bits per heavy atom. The molecule has 0 aromatic carbocycles. The number of aromatic nitrogens is 1. The first-order valence-electron chi connectivity index (χ1n) is 6.30. The molecule has 6 heteroatoms. The Kier molecular flexibility index (Phi) is 5.10. The van der Waals surface area contributed by atoms with Crippen LogP contribution in [0.4, 0.5) is 0 Å². The molecule has 0 saturated carbocycles. The van der Waals surface area contributed by atoms with Gasteiger partial charge in [-0.1, -0.05) is 6.92 Å². The molecule has 2 atom stereocenters. The third-order valence-corrected chi connectivity index (χ3v) is 3.80. The predicted octanol–water partition coefficient (Wildman–Crippen LogP) is 1.09. The summed E-state index contributed by atoms with van der Waals surface area (Å²) in [6.07, 6.45) is 3.02. The Labute approximate surface area is 111 Å². The summed E-state index contributed by atoms with van der Waals surface area (Å²) >= 11 is 1.57. The quantitative estimate of drug-likeness (QED) is 0.840. The van der Waals surface area contributed by atoms with Gasteiger partial charge in [-0.15, -0.1) is 11.3 Å². The van der Waals surface area contributed by atoms with Gasteiger partial charge in [0.1, 0.15) is 5.01 Å². The lowest BCUT2D eigenvalue weighted by Crippen LogP contribution is -2.41. The van der Waals surface area contributed by atoms with E-state index >= 15 is 0 Å². The first-order chi connectivity index (χ1) is 8.79. The third-order valence-electron chi connectivity index (χ3n) is 2.91. The molecule has 0 spiro atoms. The van der Waals surface area contributed by atoms with Crippen molar-refractivity contribution in [2.24, 2.45) is 0 Å². The summed E-state index contributed by atoms with van der Waals surface area (Å²) in [7, 11) is 0. The molecular weight excluding hydrogens is 250 g/mol. The van der Waals surface area contributed by atoms with Crippen molar-refractivity contribution >= 4 is 17.2 Å². The monoisotopic (exact) mass is 269 g/mol. The lowest BCUT2D eigenvalue weighted by atomic mass is 10.2. The van der Waals surface area contributed by atoms with Crippen LogP contribution in [0.2, 0.25) is 0 Å². The molecule has 1 amide bonds. The number of carbonyl (C=O) groups is 1. The van der Waals surface area contributed by atoms with Crippen molar-refractivity contribution in [1.82, 2.24) is 15.6 Å². The average Bonchev–Trinajstić information content (AvgIpc) is 2.91. The van der Waals surface area contributed by atoms with Gasteiger partial charge in [0, 0.05) is 24.7 Å². The lowest BCUT2D eigenvalue weighted by Gasteiger charge is -2.24. The SMILES string of the molecule is CCC(NC(=O)CC1CNCCO1)c1nccs1. The second kappa shape index (κ2) is 6.82. The van der Waals surface area contributed by atoms with Gasteiger partial charge >= 0.3 is 0 Å². The van der Waals surface area contributed by atoms with E-state index in [2.05, 4.69) is 15.6 Å². The molecule has 1 aliphatic rings. The van der Waals surface area contributed by atoms with Gasteiger partial charge in [-0.05, 0) is 6.42 Å². The number of ether oxygens (including phenoxy) is 1. The third kappa shape index (κ3) is 3.76. The van der Waals surface area contributed by atoms with Crippen molar-refractivity contribution in [3.8, 4) is 0 Å². The zero-order chi connectivity index (χ0) is 12.8. The molecule has 1 saturated heterocycles. The number of hydrogen-bond donors (Lipinski definition) is 2. The van der Waals surface area contributed by atoms with Gasteiger partial charge in [0.05, 0.1) is 25.2 Å². The summed E-state index contributed by atoms with van der Waals surface area (Å²) < 4.78 is 5.52. The molecule has 0 bridgehead atoms.